The minimum absolute atomic E-state index is 0.375. The van der Waals surface area contributed by atoms with Gasteiger partial charge in [0, 0.05) is 0 Å². The molecule has 0 N–H and O–H groups in total. The molecule has 3 heteroatoms. The van der Waals surface area contributed by atoms with Gasteiger partial charge in [-0.05, 0) is 24.7 Å². The van der Waals surface area contributed by atoms with Gasteiger partial charge in [-0.2, -0.15) is 0 Å². The molecule has 0 aliphatic rings. The van der Waals surface area contributed by atoms with E-state index in [9.17, 15) is 8.42 Å². The van der Waals surface area contributed by atoms with Crippen LogP contribution < -0.4 is 0 Å². The van der Waals surface area contributed by atoms with Crippen LogP contribution in [-0.4, -0.2) is 19.9 Å². The standard InChI is InChI=1S/C17H36O2S/c1-16(2)12-10-8-6-5-7-9-11-14-20(18,19)15-13-17(3)4/h16-17H,5-15H2,1-4H3. The maximum Gasteiger partial charge on any atom is 0.150 e. The average Bonchev–Trinajstić information content (AvgIpc) is 2.34. The number of unbranched alkanes of at least 4 members (excludes halogenated alkanes) is 6. The largest absolute Gasteiger partial charge is 0.229 e. The molecule has 0 aromatic rings. The lowest BCUT2D eigenvalue weighted by Gasteiger charge is -2.07. The van der Waals surface area contributed by atoms with Crippen LogP contribution in [0.15, 0.2) is 0 Å². The van der Waals surface area contributed by atoms with Crippen molar-refractivity contribution in [2.45, 2.75) is 85.5 Å². The Hall–Kier alpha value is -0.0500. The Kier molecular flexibility index (Phi) is 11.6. The van der Waals surface area contributed by atoms with Gasteiger partial charge in [-0.1, -0.05) is 72.6 Å². The summed E-state index contributed by atoms with van der Waals surface area (Å²) in [5.41, 5.74) is 0. The van der Waals surface area contributed by atoms with Crippen LogP contribution in [0.2, 0.25) is 0 Å². The van der Waals surface area contributed by atoms with E-state index in [2.05, 4.69) is 27.7 Å². The summed E-state index contributed by atoms with van der Waals surface area (Å²) in [6.45, 7) is 8.71. The Morgan fingerprint density at radius 3 is 1.55 bits per heavy atom. The van der Waals surface area contributed by atoms with Gasteiger partial charge in [0.15, 0.2) is 0 Å². The van der Waals surface area contributed by atoms with Crippen LogP contribution in [0.5, 0.6) is 0 Å². The molecule has 0 saturated carbocycles. The molecular weight excluding hydrogens is 268 g/mol. The second-order valence-corrected chi connectivity index (χ2v) is 9.30. The molecule has 0 unspecified atom stereocenters. The zero-order chi connectivity index (χ0) is 15.4. The molecular formula is C17H36O2S. The van der Waals surface area contributed by atoms with E-state index in [4.69, 9.17) is 0 Å². The number of sulfone groups is 1. The predicted octanol–water partition coefficient (Wildman–Crippen LogP) is 5.22. The van der Waals surface area contributed by atoms with E-state index in [-0.39, 0.29) is 0 Å². The molecule has 0 heterocycles. The van der Waals surface area contributed by atoms with Gasteiger partial charge in [-0.15, -0.1) is 0 Å². The van der Waals surface area contributed by atoms with Gasteiger partial charge in [0.25, 0.3) is 0 Å². The second-order valence-electron chi connectivity index (χ2n) is 6.99. The maximum absolute atomic E-state index is 11.8. The molecule has 0 aliphatic heterocycles. The van der Waals surface area contributed by atoms with Gasteiger partial charge in [0.05, 0.1) is 11.5 Å². The first-order valence-corrected chi connectivity index (χ1v) is 10.4. The van der Waals surface area contributed by atoms with Crippen molar-refractivity contribution in [3.63, 3.8) is 0 Å². The van der Waals surface area contributed by atoms with Crippen molar-refractivity contribution >= 4 is 9.84 Å². The third-order valence-electron chi connectivity index (χ3n) is 3.74. The molecule has 0 saturated heterocycles. The van der Waals surface area contributed by atoms with Crippen LogP contribution in [0.25, 0.3) is 0 Å². The van der Waals surface area contributed by atoms with E-state index in [0.29, 0.717) is 17.4 Å². The van der Waals surface area contributed by atoms with Crippen molar-refractivity contribution in [2.75, 3.05) is 11.5 Å². The minimum atomic E-state index is -2.79. The van der Waals surface area contributed by atoms with Crippen molar-refractivity contribution in [2.24, 2.45) is 11.8 Å². The topological polar surface area (TPSA) is 34.1 Å². The molecule has 0 bridgehead atoms. The lowest BCUT2D eigenvalue weighted by atomic mass is 10.0. The van der Waals surface area contributed by atoms with Gasteiger partial charge >= 0.3 is 0 Å². The molecule has 0 rings (SSSR count). The molecule has 0 aromatic carbocycles. The van der Waals surface area contributed by atoms with E-state index in [1.54, 1.807) is 0 Å². The van der Waals surface area contributed by atoms with Crippen molar-refractivity contribution in [3.05, 3.63) is 0 Å². The fourth-order valence-electron chi connectivity index (χ4n) is 2.28. The molecule has 2 nitrogen and oxygen atoms in total. The fraction of sp³-hybridized carbons (Fsp3) is 1.00. The van der Waals surface area contributed by atoms with E-state index >= 15 is 0 Å². The summed E-state index contributed by atoms with van der Waals surface area (Å²) >= 11 is 0. The zero-order valence-corrected chi connectivity index (χ0v) is 15.0. The minimum Gasteiger partial charge on any atom is -0.229 e. The number of hydrogen-bond acceptors (Lipinski definition) is 2. The van der Waals surface area contributed by atoms with E-state index in [0.717, 1.165) is 25.2 Å². The first-order valence-electron chi connectivity index (χ1n) is 8.54. The number of hydrogen-bond donors (Lipinski definition) is 0. The van der Waals surface area contributed by atoms with E-state index in [1.165, 1.54) is 38.5 Å². The smallest absolute Gasteiger partial charge is 0.150 e. The highest BCUT2D eigenvalue weighted by Gasteiger charge is 2.10. The van der Waals surface area contributed by atoms with Crippen LogP contribution >= 0.6 is 0 Å². The highest BCUT2D eigenvalue weighted by atomic mass is 32.2. The van der Waals surface area contributed by atoms with Crippen LogP contribution in [0, 0.1) is 11.8 Å². The summed E-state index contributed by atoms with van der Waals surface area (Å²) in [6, 6.07) is 0. The Labute approximate surface area is 127 Å². The summed E-state index contributed by atoms with van der Waals surface area (Å²) in [4.78, 5) is 0. The predicted molar refractivity (Wildman–Crippen MR) is 89.9 cm³/mol. The molecule has 122 valence electrons. The summed E-state index contributed by atoms with van der Waals surface area (Å²) in [5.74, 6) is 2.08. The molecule has 0 spiro atoms. The highest BCUT2D eigenvalue weighted by molar-refractivity contribution is 7.91. The molecule has 0 aromatic heterocycles. The SMILES string of the molecule is CC(C)CCCCCCCCCS(=O)(=O)CCC(C)C. The Bertz CT molecular complexity index is 305. The first kappa shape index (κ1) is 19.9. The Balaban J connectivity index is 3.39. The van der Waals surface area contributed by atoms with Crippen LogP contribution in [-0.2, 0) is 9.84 Å². The van der Waals surface area contributed by atoms with Gasteiger partial charge < -0.3 is 0 Å². The van der Waals surface area contributed by atoms with Crippen LogP contribution in [0.3, 0.4) is 0 Å². The quantitative estimate of drug-likeness (QED) is 0.437. The van der Waals surface area contributed by atoms with Gasteiger partial charge in [0.2, 0.25) is 0 Å². The van der Waals surface area contributed by atoms with Crippen molar-refractivity contribution in [1.29, 1.82) is 0 Å². The highest BCUT2D eigenvalue weighted by Crippen LogP contribution is 2.13. The lowest BCUT2D eigenvalue weighted by molar-refractivity contribution is 0.510. The van der Waals surface area contributed by atoms with Crippen molar-refractivity contribution in [1.82, 2.24) is 0 Å². The average molecular weight is 305 g/mol. The van der Waals surface area contributed by atoms with Crippen molar-refractivity contribution in [3.8, 4) is 0 Å². The molecule has 0 atom stereocenters. The lowest BCUT2D eigenvalue weighted by Crippen LogP contribution is -2.12. The molecule has 0 aliphatic carbocycles. The Morgan fingerprint density at radius 1 is 0.600 bits per heavy atom. The summed E-state index contributed by atoms with van der Waals surface area (Å²) in [7, 11) is -2.79. The summed E-state index contributed by atoms with van der Waals surface area (Å²) in [5, 5.41) is 0. The first-order chi connectivity index (χ1) is 9.33. The normalized spacial score (nSPS) is 12.5. The summed E-state index contributed by atoms with van der Waals surface area (Å²) in [6.07, 6.45) is 10.5. The Morgan fingerprint density at radius 2 is 1.05 bits per heavy atom. The van der Waals surface area contributed by atoms with Crippen molar-refractivity contribution < 1.29 is 8.42 Å². The van der Waals surface area contributed by atoms with Crippen LogP contribution in [0.4, 0.5) is 0 Å². The van der Waals surface area contributed by atoms with E-state index in [1.807, 2.05) is 0 Å². The van der Waals surface area contributed by atoms with Gasteiger partial charge in [-0.3, -0.25) is 0 Å². The van der Waals surface area contributed by atoms with Crippen LogP contribution in [0.1, 0.15) is 85.5 Å². The molecule has 20 heavy (non-hydrogen) atoms. The molecule has 0 fully saturated rings. The summed E-state index contributed by atoms with van der Waals surface area (Å²) < 4.78 is 23.5. The third-order valence-corrected chi connectivity index (χ3v) is 5.51. The van der Waals surface area contributed by atoms with Gasteiger partial charge in [-0.25, -0.2) is 8.42 Å². The maximum atomic E-state index is 11.8. The van der Waals surface area contributed by atoms with E-state index < -0.39 is 9.84 Å². The zero-order valence-electron chi connectivity index (χ0n) is 14.2. The second kappa shape index (κ2) is 11.6. The number of rotatable bonds is 13. The molecule has 0 amide bonds. The van der Waals surface area contributed by atoms with Gasteiger partial charge in [0.1, 0.15) is 9.84 Å². The molecule has 0 radical (unpaired) electrons. The monoisotopic (exact) mass is 304 g/mol. The fourth-order valence-corrected chi connectivity index (χ4v) is 3.95. The third kappa shape index (κ3) is 14.4.